The molecule has 33 heavy (non-hydrogen) atoms. The monoisotopic (exact) mass is 473 g/mol. The number of aryl methyl sites for hydroxylation is 2. The molecule has 6 rings (SSSR count). The van der Waals surface area contributed by atoms with Crippen molar-refractivity contribution >= 4 is 44.9 Å². The third kappa shape index (κ3) is 3.89. The average Bonchev–Trinajstić information content (AvgIpc) is 3.48. The van der Waals surface area contributed by atoms with Gasteiger partial charge >= 0.3 is 0 Å². The second-order valence-corrected chi connectivity index (χ2v) is 10.8. The van der Waals surface area contributed by atoms with Crippen molar-refractivity contribution in [3.63, 3.8) is 0 Å². The van der Waals surface area contributed by atoms with Crippen molar-refractivity contribution in [3.05, 3.63) is 80.2 Å². The summed E-state index contributed by atoms with van der Waals surface area (Å²) in [5.41, 5.74) is 7.17. The van der Waals surface area contributed by atoms with Crippen LogP contribution in [0.3, 0.4) is 0 Å². The van der Waals surface area contributed by atoms with Crippen LogP contribution in [-0.4, -0.2) is 21.6 Å². The van der Waals surface area contributed by atoms with Crippen LogP contribution in [0.25, 0.3) is 21.3 Å². The Bertz CT molecular complexity index is 1450. The van der Waals surface area contributed by atoms with E-state index in [1.807, 2.05) is 6.07 Å². The van der Waals surface area contributed by atoms with Gasteiger partial charge in [0, 0.05) is 22.7 Å². The molecular weight excluding hydrogens is 450 g/mol. The molecule has 1 amide bonds. The maximum absolute atomic E-state index is 12.6. The largest absolute Gasteiger partial charge is 0.326 e. The molecule has 2 aliphatic carbocycles. The number of anilines is 1. The molecule has 2 aromatic carbocycles. The van der Waals surface area contributed by atoms with E-state index in [9.17, 15) is 9.59 Å². The number of hydrogen-bond acceptors (Lipinski definition) is 5. The van der Waals surface area contributed by atoms with E-state index in [0.717, 1.165) is 41.6 Å². The molecule has 0 aliphatic heterocycles. The fourth-order valence-corrected chi connectivity index (χ4v) is 6.98. The van der Waals surface area contributed by atoms with Gasteiger partial charge in [0.15, 0.2) is 0 Å². The standard InChI is InChI=1S/C26H23N3O2S2/c30-23(27-17-8-9-19-16(13-17)12-15-4-1-2-5-18(15)19)10-11-32-14-22-28-25(31)24-20-6-3-7-21(20)33-26(24)29-22/h1-2,4-5,8-9,13H,3,6-7,10-12,14H2,(H,27,30)(H,28,29,31). The van der Waals surface area contributed by atoms with Crippen molar-refractivity contribution in [2.75, 3.05) is 11.1 Å². The predicted molar refractivity (Wildman–Crippen MR) is 136 cm³/mol. The van der Waals surface area contributed by atoms with Gasteiger partial charge in [-0.05, 0) is 65.6 Å². The van der Waals surface area contributed by atoms with Crippen molar-refractivity contribution in [1.29, 1.82) is 0 Å². The van der Waals surface area contributed by atoms with Crippen molar-refractivity contribution in [1.82, 2.24) is 9.97 Å². The predicted octanol–water partition coefficient (Wildman–Crippen LogP) is 5.31. The highest BCUT2D eigenvalue weighted by atomic mass is 32.2. The second kappa shape index (κ2) is 8.47. The van der Waals surface area contributed by atoms with Gasteiger partial charge in [-0.25, -0.2) is 4.98 Å². The van der Waals surface area contributed by atoms with Crippen molar-refractivity contribution in [3.8, 4) is 11.1 Å². The third-order valence-corrected chi connectivity index (χ3v) is 8.57. The summed E-state index contributed by atoms with van der Waals surface area (Å²) in [5.74, 6) is 1.96. The van der Waals surface area contributed by atoms with Crippen LogP contribution in [0.5, 0.6) is 0 Å². The summed E-state index contributed by atoms with van der Waals surface area (Å²) in [5, 5.41) is 3.82. The third-order valence-electron chi connectivity index (χ3n) is 6.41. The minimum atomic E-state index is -0.0218. The highest BCUT2D eigenvalue weighted by Crippen LogP contribution is 2.37. The van der Waals surface area contributed by atoms with Crippen molar-refractivity contribution in [2.24, 2.45) is 0 Å². The van der Waals surface area contributed by atoms with E-state index in [1.54, 1.807) is 23.1 Å². The van der Waals surface area contributed by atoms with E-state index in [4.69, 9.17) is 0 Å². The van der Waals surface area contributed by atoms with Gasteiger partial charge in [0.1, 0.15) is 10.7 Å². The highest BCUT2D eigenvalue weighted by Gasteiger charge is 2.21. The molecule has 0 saturated heterocycles. The maximum Gasteiger partial charge on any atom is 0.259 e. The molecule has 166 valence electrons. The molecular formula is C26H23N3O2S2. The number of thiophene rings is 1. The summed E-state index contributed by atoms with van der Waals surface area (Å²) in [6.07, 6.45) is 4.51. The van der Waals surface area contributed by atoms with Crippen LogP contribution in [0, 0.1) is 0 Å². The normalized spacial score (nSPS) is 13.7. The number of H-pyrrole nitrogens is 1. The molecule has 2 aliphatic rings. The maximum atomic E-state index is 12.6. The number of carbonyl (C=O) groups excluding carboxylic acids is 1. The fourth-order valence-electron chi connectivity index (χ4n) is 4.90. The SMILES string of the molecule is O=C(CCSCc1nc2sc3c(c2c(=O)[nH]1)CCC3)Nc1ccc2c(c1)Cc1ccccc1-2. The second-order valence-electron chi connectivity index (χ2n) is 8.61. The first-order valence-electron chi connectivity index (χ1n) is 11.3. The topological polar surface area (TPSA) is 74.8 Å². The lowest BCUT2D eigenvalue weighted by Crippen LogP contribution is -2.13. The Balaban J connectivity index is 1.04. The van der Waals surface area contributed by atoms with Gasteiger partial charge in [-0.2, -0.15) is 11.8 Å². The van der Waals surface area contributed by atoms with E-state index < -0.39 is 0 Å². The molecule has 4 aromatic rings. The molecule has 0 saturated carbocycles. The van der Waals surface area contributed by atoms with Gasteiger partial charge in [-0.3, -0.25) is 9.59 Å². The van der Waals surface area contributed by atoms with E-state index in [1.165, 1.54) is 32.7 Å². The highest BCUT2D eigenvalue weighted by molar-refractivity contribution is 7.98. The first kappa shape index (κ1) is 20.7. The average molecular weight is 474 g/mol. The Labute approximate surface area is 199 Å². The summed E-state index contributed by atoms with van der Waals surface area (Å²) in [6, 6.07) is 14.6. The molecule has 0 spiro atoms. The van der Waals surface area contributed by atoms with Crippen LogP contribution in [0.2, 0.25) is 0 Å². The van der Waals surface area contributed by atoms with Gasteiger partial charge in [0.05, 0.1) is 11.1 Å². The summed E-state index contributed by atoms with van der Waals surface area (Å²) in [7, 11) is 0. The molecule has 0 bridgehead atoms. The van der Waals surface area contributed by atoms with Gasteiger partial charge < -0.3 is 10.3 Å². The van der Waals surface area contributed by atoms with Crippen LogP contribution in [0.4, 0.5) is 5.69 Å². The number of carbonyl (C=O) groups is 1. The van der Waals surface area contributed by atoms with Crippen LogP contribution in [0.1, 0.15) is 40.2 Å². The number of hydrogen-bond donors (Lipinski definition) is 2. The molecule has 5 nitrogen and oxygen atoms in total. The van der Waals surface area contributed by atoms with E-state index in [0.29, 0.717) is 23.8 Å². The molecule has 0 unspecified atom stereocenters. The van der Waals surface area contributed by atoms with Gasteiger partial charge in [-0.15, -0.1) is 11.3 Å². The van der Waals surface area contributed by atoms with Gasteiger partial charge in [0.25, 0.3) is 5.56 Å². The number of nitrogens with one attached hydrogen (secondary N) is 2. The number of rotatable bonds is 6. The molecule has 0 atom stereocenters. The quantitative estimate of drug-likeness (QED) is 0.328. The number of thioether (sulfide) groups is 1. The first-order chi connectivity index (χ1) is 16.2. The number of aromatic amines is 1. The Hall–Kier alpha value is -2.90. The van der Waals surface area contributed by atoms with E-state index in [2.05, 4.69) is 51.7 Å². The zero-order valence-corrected chi connectivity index (χ0v) is 19.7. The number of aromatic nitrogens is 2. The summed E-state index contributed by atoms with van der Waals surface area (Å²) in [4.78, 5) is 34.8. The number of amides is 1. The summed E-state index contributed by atoms with van der Waals surface area (Å²) < 4.78 is 0. The molecule has 2 N–H and O–H groups in total. The minimum absolute atomic E-state index is 0.00421. The van der Waals surface area contributed by atoms with Gasteiger partial charge in [-0.1, -0.05) is 30.3 Å². The van der Waals surface area contributed by atoms with E-state index >= 15 is 0 Å². The minimum Gasteiger partial charge on any atom is -0.326 e. The zero-order chi connectivity index (χ0) is 22.4. The lowest BCUT2D eigenvalue weighted by atomic mass is 10.1. The number of fused-ring (bicyclic) bond motifs is 6. The van der Waals surface area contributed by atoms with Gasteiger partial charge in [0.2, 0.25) is 5.91 Å². The fraction of sp³-hybridized carbons (Fsp3) is 0.269. The van der Waals surface area contributed by atoms with Crippen LogP contribution in [-0.2, 0) is 29.8 Å². The Morgan fingerprint density at radius 3 is 2.94 bits per heavy atom. The van der Waals surface area contributed by atoms with Crippen LogP contribution < -0.4 is 10.9 Å². The zero-order valence-electron chi connectivity index (χ0n) is 18.1. The summed E-state index contributed by atoms with van der Waals surface area (Å²) >= 11 is 3.28. The Morgan fingerprint density at radius 1 is 1.12 bits per heavy atom. The molecule has 2 heterocycles. The lowest BCUT2D eigenvalue weighted by molar-refractivity contribution is -0.115. The smallest absolute Gasteiger partial charge is 0.259 e. The van der Waals surface area contributed by atoms with Crippen LogP contribution in [0.15, 0.2) is 47.3 Å². The first-order valence-corrected chi connectivity index (χ1v) is 13.2. The lowest BCUT2D eigenvalue weighted by Gasteiger charge is -2.08. The molecule has 2 aromatic heterocycles. The Kier molecular flexibility index (Phi) is 5.31. The van der Waals surface area contributed by atoms with Crippen molar-refractivity contribution in [2.45, 2.75) is 37.9 Å². The molecule has 0 radical (unpaired) electrons. The molecule has 0 fully saturated rings. The van der Waals surface area contributed by atoms with Crippen molar-refractivity contribution < 1.29 is 4.79 Å². The van der Waals surface area contributed by atoms with E-state index in [-0.39, 0.29) is 11.5 Å². The van der Waals surface area contributed by atoms with Crippen LogP contribution >= 0.6 is 23.1 Å². The number of benzene rings is 2. The summed E-state index contributed by atoms with van der Waals surface area (Å²) in [6.45, 7) is 0. The number of nitrogens with zero attached hydrogens (tertiary/aromatic N) is 1. The Morgan fingerprint density at radius 2 is 2.00 bits per heavy atom. The molecule has 7 heteroatoms.